The lowest BCUT2D eigenvalue weighted by atomic mass is 9.83. The van der Waals surface area contributed by atoms with E-state index in [0.29, 0.717) is 5.56 Å². The van der Waals surface area contributed by atoms with Gasteiger partial charge in [-0.25, -0.2) is 0 Å². The fraction of sp³-hybridized carbons (Fsp3) is 0.720. The Morgan fingerprint density at radius 1 is 0.950 bits per heavy atom. The number of amides is 1. The summed E-state index contributed by atoms with van der Waals surface area (Å²) in [5.41, 5.74) is 18.5. The maximum absolute atomic E-state index is 12.8. The normalized spacial score (nSPS) is 44.8. The van der Waals surface area contributed by atoms with Gasteiger partial charge in [-0.05, 0) is 25.5 Å². The van der Waals surface area contributed by atoms with Crippen LogP contribution in [0.2, 0.25) is 0 Å². The highest BCUT2D eigenvalue weighted by atomic mass is 16.7. The molecule has 13 N–H and O–H groups in total. The average Bonchev–Trinajstić information content (AvgIpc) is 3.21. The molecule has 2 aliphatic heterocycles. The van der Waals surface area contributed by atoms with Crippen molar-refractivity contribution in [2.75, 3.05) is 6.54 Å². The highest BCUT2D eigenvalue weighted by molar-refractivity contribution is 5.94. The predicted molar refractivity (Wildman–Crippen MR) is 136 cm³/mol. The van der Waals surface area contributed by atoms with Gasteiger partial charge in [0.2, 0.25) is 0 Å². The molecule has 2 saturated heterocycles. The molecular formula is C25H40N4O11. The van der Waals surface area contributed by atoms with Gasteiger partial charge in [-0.2, -0.15) is 0 Å². The summed E-state index contributed by atoms with van der Waals surface area (Å²) in [7, 11) is 0. The van der Waals surface area contributed by atoms with E-state index in [0.717, 1.165) is 0 Å². The standard InChI is InChI=1S/C25H40N4O11/c1-9(30)20-18(34)17(33)14(28)24(38-20)39-21-11(27)7-12(29-23(36)10-5-3-2-4-6-10)15(31)22(21)40-25-19(35)16(32)13(8-26)37-25/h2-6,9,11-22,24-25,30-35H,7-8,26-28H2,1H3,(H,29,36)/t9-,11?,12?,13?,14?,15?,16?,17?,18?,19?,20?,21?,22?,24?,25?/m1/s1. The molecule has 1 aliphatic carbocycles. The van der Waals surface area contributed by atoms with Gasteiger partial charge in [-0.3, -0.25) is 4.79 Å². The minimum Gasteiger partial charge on any atom is -0.391 e. The van der Waals surface area contributed by atoms with Crippen molar-refractivity contribution in [3.63, 3.8) is 0 Å². The number of carbonyl (C=O) groups is 1. The molecule has 15 atom stereocenters. The molecule has 2 heterocycles. The summed E-state index contributed by atoms with van der Waals surface area (Å²) in [6.45, 7) is 1.24. The zero-order valence-electron chi connectivity index (χ0n) is 21.9. The molecule has 1 aromatic carbocycles. The summed E-state index contributed by atoms with van der Waals surface area (Å²) in [6, 6.07) is 5.19. The lowest BCUT2D eigenvalue weighted by molar-refractivity contribution is -0.315. The minimum atomic E-state index is -1.53. The van der Waals surface area contributed by atoms with Gasteiger partial charge in [-0.1, -0.05) is 18.2 Å². The van der Waals surface area contributed by atoms with Crippen LogP contribution in [0.15, 0.2) is 30.3 Å². The summed E-state index contributed by atoms with van der Waals surface area (Å²) in [5.74, 6) is -0.472. The Labute approximate surface area is 230 Å². The summed E-state index contributed by atoms with van der Waals surface area (Å²) in [5, 5.41) is 65.6. The van der Waals surface area contributed by atoms with Crippen molar-refractivity contribution >= 4 is 5.91 Å². The Morgan fingerprint density at radius 3 is 2.20 bits per heavy atom. The van der Waals surface area contributed by atoms with Crippen molar-refractivity contribution in [3.05, 3.63) is 35.9 Å². The highest BCUT2D eigenvalue weighted by Gasteiger charge is 2.53. The third-order valence-electron chi connectivity index (χ3n) is 7.67. The second kappa shape index (κ2) is 13.0. The molecule has 40 heavy (non-hydrogen) atoms. The van der Waals surface area contributed by atoms with Gasteiger partial charge in [0.15, 0.2) is 12.6 Å². The van der Waals surface area contributed by atoms with E-state index in [-0.39, 0.29) is 13.0 Å². The molecule has 0 bridgehead atoms. The molecule has 0 radical (unpaired) electrons. The number of hydrogen-bond acceptors (Lipinski definition) is 14. The first kappa shape index (κ1) is 31.1. The topological polar surface area (TPSA) is 265 Å². The zero-order valence-corrected chi connectivity index (χ0v) is 21.9. The van der Waals surface area contributed by atoms with Crippen LogP contribution in [0.5, 0.6) is 0 Å². The number of nitrogens with two attached hydrogens (primary N) is 3. The summed E-state index contributed by atoms with van der Waals surface area (Å²) >= 11 is 0. The first-order valence-corrected chi connectivity index (χ1v) is 13.2. The molecule has 0 aromatic heterocycles. The molecule has 15 nitrogen and oxygen atoms in total. The maximum atomic E-state index is 12.8. The highest BCUT2D eigenvalue weighted by Crippen LogP contribution is 2.33. The van der Waals surface area contributed by atoms with Crippen LogP contribution in [0.1, 0.15) is 23.7 Å². The van der Waals surface area contributed by atoms with E-state index in [4.69, 9.17) is 36.1 Å². The molecule has 0 spiro atoms. The van der Waals surface area contributed by atoms with Crippen LogP contribution >= 0.6 is 0 Å². The van der Waals surface area contributed by atoms with Gasteiger partial charge in [-0.15, -0.1) is 0 Å². The summed E-state index contributed by atoms with van der Waals surface area (Å²) < 4.78 is 23.2. The van der Waals surface area contributed by atoms with E-state index in [1.807, 2.05) is 0 Å². The Balaban J connectivity index is 1.58. The molecule has 1 saturated carbocycles. The lowest BCUT2D eigenvalue weighted by Gasteiger charge is -2.48. The smallest absolute Gasteiger partial charge is 0.251 e. The van der Waals surface area contributed by atoms with E-state index in [1.165, 1.54) is 6.92 Å². The van der Waals surface area contributed by atoms with Gasteiger partial charge in [0.1, 0.15) is 54.9 Å². The van der Waals surface area contributed by atoms with Crippen LogP contribution in [0.25, 0.3) is 0 Å². The van der Waals surface area contributed by atoms with Crippen LogP contribution < -0.4 is 22.5 Å². The number of aliphatic hydroxyl groups is 6. The molecular weight excluding hydrogens is 532 g/mol. The number of aliphatic hydroxyl groups excluding tert-OH is 6. The van der Waals surface area contributed by atoms with E-state index in [2.05, 4.69) is 5.32 Å². The number of benzene rings is 1. The molecule has 4 rings (SSSR count). The van der Waals surface area contributed by atoms with Crippen molar-refractivity contribution in [1.29, 1.82) is 0 Å². The maximum Gasteiger partial charge on any atom is 0.251 e. The lowest BCUT2D eigenvalue weighted by Crippen LogP contribution is -2.69. The van der Waals surface area contributed by atoms with Crippen LogP contribution in [-0.2, 0) is 18.9 Å². The van der Waals surface area contributed by atoms with E-state index >= 15 is 0 Å². The monoisotopic (exact) mass is 572 g/mol. The number of carbonyl (C=O) groups excluding carboxylic acids is 1. The van der Waals surface area contributed by atoms with Gasteiger partial charge in [0, 0.05) is 18.2 Å². The van der Waals surface area contributed by atoms with Gasteiger partial charge < -0.3 is 72.1 Å². The Kier molecular flexibility index (Phi) is 10.1. The van der Waals surface area contributed by atoms with E-state index in [9.17, 15) is 35.4 Å². The fourth-order valence-electron chi connectivity index (χ4n) is 5.32. The third-order valence-corrected chi connectivity index (χ3v) is 7.67. The van der Waals surface area contributed by atoms with Crippen LogP contribution in [0.4, 0.5) is 0 Å². The Bertz CT molecular complexity index is 977. The van der Waals surface area contributed by atoms with Gasteiger partial charge in [0.05, 0.1) is 18.2 Å². The predicted octanol–water partition coefficient (Wildman–Crippen LogP) is -4.79. The first-order chi connectivity index (χ1) is 18.9. The zero-order chi connectivity index (χ0) is 29.3. The van der Waals surface area contributed by atoms with Crippen LogP contribution in [-0.4, -0.2) is 135 Å². The van der Waals surface area contributed by atoms with Crippen molar-refractivity contribution in [2.24, 2.45) is 17.2 Å². The summed E-state index contributed by atoms with van der Waals surface area (Å²) in [4.78, 5) is 12.8. The molecule has 3 fully saturated rings. The van der Waals surface area contributed by atoms with E-state index in [1.54, 1.807) is 30.3 Å². The molecule has 14 unspecified atom stereocenters. The Hall–Kier alpha value is -1.83. The number of nitrogens with one attached hydrogen (secondary N) is 1. The molecule has 1 amide bonds. The van der Waals surface area contributed by atoms with E-state index < -0.39 is 97.7 Å². The molecule has 15 heteroatoms. The largest absolute Gasteiger partial charge is 0.391 e. The molecule has 1 aromatic rings. The van der Waals surface area contributed by atoms with Crippen molar-refractivity contribution in [3.8, 4) is 0 Å². The van der Waals surface area contributed by atoms with Crippen LogP contribution in [0.3, 0.4) is 0 Å². The van der Waals surface area contributed by atoms with Crippen molar-refractivity contribution in [1.82, 2.24) is 5.32 Å². The molecule has 3 aliphatic rings. The number of rotatable bonds is 8. The third kappa shape index (κ3) is 6.32. The quantitative estimate of drug-likeness (QED) is 0.140. The SMILES string of the molecule is C[C@@H](O)C1OC(OC2C(N)CC(NC(=O)c3ccccc3)C(O)C2OC2OC(CN)C(O)C2O)C(N)C(O)C1O. The molecule has 226 valence electrons. The summed E-state index contributed by atoms with van der Waals surface area (Å²) in [6.07, 6.45) is -16.2. The van der Waals surface area contributed by atoms with Crippen molar-refractivity contribution < 1.29 is 54.4 Å². The van der Waals surface area contributed by atoms with Gasteiger partial charge >= 0.3 is 0 Å². The fourth-order valence-corrected chi connectivity index (χ4v) is 5.32. The number of hydrogen-bond donors (Lipinski definition) is 10. The minimum absolute atomic E-state index is 0.0133. The van der Waals surface area contributed by atoms with Gasteiger partial charge in [0.25, 0.3) is 5.91 Å². The average molecular weight is 573 g/mol. The van der Waals surface area contributed by atoms with Crippen LogP contribution in [0, 0.1) is 0 Å². The second-order valence-corrected chi connectivity index (χ2v) is 10.6. The second-order valence-electron chi connectivity index (χ2n) is 10.6. The van der Waals surface area contributed by atoms with Crippen molar-refractivity contribution in [2.45, 2.75) is 105 Å². The Morgan fingerprint density at radius 2 is 1.60 bits per heavy atom. The number of ether oxygens (including phenoxy) is 4. The first-order valence-electron chi connectivity index (χ1n) is 13.2.